The fraction of sp³-hybridized carbons (Fsp3) is 0.579. The monoisotopic (exact) mass is 389 g/mol. The molecule has 4 rings (SSSR count). The second kappa shape index (κ2) is 5.67. The van der Waals surface area contributed by atoms with Gasteiger partial charge in [0.2, 0.25) is 0 Å². The molecule has 2 aliphatic carbocycles. The van der Waals surface area contributed by atoms with Crippen LogP contribution < -0.4 is 5.73 Å². The van der Waals surface area contributed by atoms with Gasteiger partial charge in [-0.2, -0.15) is 0 Å². The number of hydrogen-bond acceptors (Lipinski definition) is 4. The van der Waals surface area contributed by atoms with Crippen molar-refractivity contribution in [3.05, 3.63) is 33.8 Å². The Morgan fingerprint density at radius 1 is 1.42 bits per heavy atom. The van der Waals surface area contributed by atoms with E-state index in [2.05, 4.69) is 48.0 Å². The van der Waals surface area contributed by atoms with Crippen LogP contribution in [0, 0.1) is 11.3 Å². The van der Waals surface area contributed by atoms with E-state index in [0.29, 0.717) is 17.9 Å². The molecule has 0 saturated heterocycles. The zero-order chi connectivity index (χ0) is 16.9. The van der Waals surface area contributed by atoms with Crippen molar-refractivity contribution in [3.63, 3.8) is 0 Å². The SMILES string of the molecule is CCO[C@@H]1CC[C@]2(Cc3ccc(Br)cc3C23N=CC(N)=N3)CC1C. The quantitative estimate of drug-likeness (QED) is 0.835. The molecule has 2 spiro atoms. The van der Waals surface area contributed by atoms with E-state index >= 15 is 0 Å². The molecule has 128 valence electrons. The number of ether oxygens (including phenoxy) is 1. The fourth-order valence-electron chi connectivity index (χ4n) is 5.08. The third-order valence-electron chi connectivity index (χ3n) is 6.03. The third kappa shape index (κ3) is 2.21. The summed E-state index contributed by atoms with van der Waals surface area (Å²) >= 11 is 3.61. The van der Waals surface area contributed by atoms with Crippen LogP contribution in [0.3, 0.4) is 0 Å². The number of nitrogens with two attached hydrogens (primary N) is 1. The van der Waals surface area contributed by atoms with E-state index in [0.717, 1.165) is 36.8 Å². The van der Waals surface area contributed by atoms with E-state index < -0.39 is 5.66 Å². The van der Waals surface area contributed by atoms with Crippen LogP contribution >= 0.6 is 15.9 Å². The minimum Gasteiger partial charge on any atom is -0.383 e. The number of hydrogen-bond donors (Lipinski definition) is 1. The van der Waals surface area contributed by atoms with Crippen LogP contribution in [0.25, 0.3) is 0 Å². The molecule has 3 aliphatic rings. The fourth-order valence-corrected chi connectivity index (χ4v) is 5.44. The van der Waals surface area contributed by atoms with Gasteiger partial charge in [-0.05, 0) is 56.2 Å². The summed E-state index contributed by atoms with van der Waals surface area (Å²) in [5.41, 5.74) is 8.10. The first-order chi connectivity index (χ1) is 11.5. The summed E-state index contributed by atoms with van der Waals surface area (Å²) in [7, 11) is 0. The van der Waals surface area contributed by atoms with E-state index in [1.54, 1.807) is 6.21 Å². The van der Waals surface area contributed by atoms with Crippen molar-refractivity contribution >= 4 is 28.0 Å². The van der Waals surface area contributed by atoms with E-state index in [1.165, 1.54) is 11.1 Å². The molecule has 0 bridgehead atoms. The summed E-state index contributed by atoms with van der Waals surface area (Å²) in [6, 6.07) is 6.52. The maximum Gasteiger partial charge on any atom is 0.184 e. The van der Waals surface area contributed by atoms with Gasteiger partial charge in [0.1, 0.15) is 5.84 Å². The Balaban J connectivity index is 1.79. The minimum atomic E-state index is -0.540. The highest BCUT2D eigenvalue weighted by molar-refractivity contribution is 9.10. The molecule has 2 unspecified atom stereocenters. The van der Waals surface area contributed by atoms with E-state index in [1.807, 2.05) is 0 Å². The molecule has 1 aliphatic heterocycles. The number of nitrogens with zero attached hydrogens (tertiary/aromatic N) is 2. The number of fused-ring (bicyclic) bond motifs is 3. The molecule has 1 aromatic carbocycles. The Morgan fingerprint density at radius 2 is 2.25 bits per heavy atom. The van der Waals surface area contributed by atoms with Crippen LogP contribution in [0.2, 0.25) is 0 Å². The van der Waals surface area contributed by atoms with Gasteiger partial charge >= 0.3 is 0 Å². The average Bonchev–Trinajstić information content (AvgIpc) is 3.05. The van der Waals surface area contributed by atoms with Gasteiger partial charge < -0.3 is 10.5 Å². The first kappa shape index (κ1) is 16.3. The van der Waals surface area contributed by atoms with Gasteiger partial charge in [0, 0.05) is 22.1 Å². The molecule has 0 amide bonds. The smallest absolute Gasteiger partial charge is 0.184 e. The highest BCUT2D eigenvalue weighted by Gasteiger charge is 2.61. The Bertz CT molecular complexity index is 731. The van der Waals surface area contributed by atoms with Gasteiger partial charge in [0.05, 0.1) is 12.3 Å². The summed E-state index contributed by atoms with van der Waals surface area (Å²) in [6.07, 6.45) is 6.32. The molecule has 1 aromatic rings. The Hall–Kier alpha value is -1.20. The van der Waals surface area contributed by atoms with E-state index in [4.69, 9.17) is 20.5 Å². The highest BCUT2D eigenvalue weighted by Crippen LogP contribution is 2.62. The maximum absolute atomic E-state index is 6.05. The van der Waals surface area contributed by atoms with Crippen LogP contribution in [-0.4, -0.2) is 24.8 Å². The first-order valence-electron chi connectivity index (χ1n) is 8.81. The van der Waals surface area contributed by atoms with Crippen molar-refractivity contribution in [2.75, 3.05) is 6.61 Å². The van der Waals surface area contributed by atoms with E-state index in [-0.39, 0.29) is 5.41 Å². The predicted molar refractivity (Wildman–Crippen MR) is 101 cm³/mol. The summed E-state index contributed by atoms with van der Waals surface area (Å²) < 4.78 is 7.03. The summed E-state index contributed by atoms with van der Waals surface area (Å²) in [6.45, 7) is 5.16. The van der Waals surface area contributed by atoms with Crippen LogP contribution in [-0.2, 0) is 16.8 Å². The number of benzene rings is 1. The molecule has 0 aromatic heterocycles. The van der Waals surface area contributed by atoms with Crippen LogP contribution in [0.15, 0.2) is 32.7 Å². The van der Waals surface area contributed by atoms with Crippen LogP contribution in [0.5, 0.6) is 0 Å². The van der Waals surface area contributed by atoms with Gasteiger partial charge in [-0.1, -0.05) is 28.9 Å². The lowest BCUT2D eigenvalue weighted by atomic mass is 9.62. The second-order valence-corrected chi connectivity index (χ2v) is 8.36. The minimum absolute atomic E-state index is 0.0146. The summed E-state index contributed by atoms with van der Waals surface area (Å²) in [5, 5.41) is 0. The molecule has 2 N–H and O–H groups in total. The predicted octanol–water partition coefficient (Wildman–Crippen LogP) is 3.81. The van der Waals surface area contributed by atoms with Crippen LogP contribution in [0.1, 0.15) is 44.2 Å². The summed E-state index contributed by atoms with van der Waals surface area (Å²) in [5.74, 6) is 1.04. The first-order valence-corrected chi connectivity index (χ1v) is 9.60. The lowest BCUT2D eigenvalue weighted by Crippen LogP contribution is -2.46. The largest absolute Gasteiger partial charge is 0.383 e. The van der Waals surface area contributed by atoms with Crippen molar-refractivity contribution in [3.8, 4) is 0 Å². The Morgan fingerprint density at radius 3 is 2.92 bits per heavy atom. The molecule has 5 heteroatoms. The highest BCUT2D eigenvalue weighted by atomic mass is 79.9. The lowest BCUT2D eigenvalue weighted by Gasteiger charge is -2.47. The van der Waals surface area contributed by atoms with Gasteiger partial charge in [-0.15, -0.1) is 0 Å². The Labute approximate surface area is 151 Å². The molecule has 4 nitrogen and oxygen atoms in total. The summed E-state index contributed by atoms with van der Waals surface area (Å²) in [4.78, 5) is 9.79. The number of aliphatic imine (C=N–C) groups is 2. The van der Waals surface area contributed by atoms with Gasteiger partial charge in [0.25, 0.3) is 0 Å². The van der Waals surface area contributed by atoms with Crippen molar-refractivity contribution in [2.24, 2.45) is 27.1 Å². The number of halogens is 1. The standard InChI is InChI=1S/C19H24BrN3O/c1-3-24-16-6-7-18(9-12(16)2)10-13-4-5-14(20)8-15(13)19(18)22-11-17(21)23-19/h4-5,8,11-12,16H,3,6-7,9-10H2,1-2H3,(H2,21,23)/t12?,16-,18-,19?/m1/s1. The van der Waals surface area contributed by atoms with Crippen molar-refractivity contribution in [1.82, 2.24) is 0 Å². The molecule has 0 radical (unpaired) electrons. The Kier molecular flexibility index (Phi) is 3.84. The maximum atomic E-state index is 6.05. The molecule has 24 heavy (non-hydrogen) atoms. The molecule has 4 atom stereocenters. The molecule has 1 saturated carbocycles. The van der Waals surface area contributed by atoms with Crippen molar-refractivity contribution in [1.29, 1.82) is 0 Å². The molecular weight excluding hydrogens is 366 g/mol. The zero-order valence-corrected chi connectivity index (χ0v) is 15.8. The van der Waals surface area contributed by atoms with E-state index in [9.17, 15) is 0 Å². The number of rotatable bonds is 2. The number of amidine groups is 1. The normalized spacial score (nSPS) is 37.2. The lowest BCUT2D eigenvalue weighted by molar-refractivity contribution is -0.0535. The van der Waals surface area contributed by atoms with Gasteiger partial charge in [-0.3, -0.25) is 4.99 Å². The zero-order valence-electron chi connectivity index (χ0n) is 14.3. The van der Waals surface area contributed by atoms with Crippen molar-refractivity contribution < 1.29 is 4.74 Å². The molecular formula is C19H24BrN3O. The van der Waals surface area contributed by atoms with Gasteiger partial charge in [-0.25, -0.2) is 4.99 Å². The molecule has 1 heterocycles. The van der Waals surface area contributed by atoms with Gasteiger partial charge in [0.15, 0.2) is 5.66 Å². The molecule has 1 fully saturated rings. The second-order valence-electron chi connectivity index (χ2n) is 7.44. The average molecular weight is 390 g/mol. The van der Waals surface area contributed by atoms with Crippen LogP contribution in [0.4, 0.5) is 0 Å². The van der Waals surface area contributed by atoms with Crippen molar-refractivity contribution in [2.45, 2.75) is 51.3 Å². The third-order valence-corrected chi connectivity index (χ3v) is 6.52. The topological polar surface area (TPSA) is 60.0 Å².